The van der Waals surface area contributed by atoms with Gasteiger partial charge in [-0.15, -0.1) is 0 Å². The number of anilines is 1. The van der Waals surface area contributed by atoms with E-state index in [0.29, 0.717) is 6.04 Å². The molecule has 0 aromatic heterocycles. The minimum absolute atomic E-state index is 0.711. The molecule has 0 heterocycles. The van der Waals surface area contributed by atoms with Gasteiger partial charge in [-0.1, -0.05) is 22.9 Å². The monoisotopic (exact) mass is 254 g/mol. The van der Waals surface area contributed by atoms with E-state index in [9.17, 15) is 0 Å². The van der Waals surface area contributed by atoms with Gasteiger partial charge in [-0.25, -0.2) is 0 Å². The summed E-state index contributed by atoms with van der Waals surface area (Å²) in [5, 5.41) is 3.51. The lowest BCUT2D eigenvalue weighted by Crippen LogP contribution is -2.17. The molecule has 0 amide bonds. The van der Waals surface area contributed by atoms with Gasteiger partial charge in [0.2, 0.25) is 0 Å². The van der Waals surface area contributed by atoms with Gasteiger partial charge in [-0.2, -0.15) is 0 Å². The van der Waals surface area contributed by atoms with Crippen LogP contribution in [0.1, 0.15) is 18.9 Å². The Kier molecular flexibility index (Phi) is 2.79. The van der Waals surface area contributed by atoms with Crippen LogP contribution in [0.25, 0.3) is 0 Å². The van der Waals surface area contributed by atoms with E-state index in [2.05, 4.69) is 28.2 Å². The molecule has 76 valence electrons. The summed E-state index contributed by atoms with van der Waals surface area (Å²) in [5.41, 5.74) is 7.80. The van der Waals surface area contributed by atoms with Crippen molar-refractivity contribution in [3.8, 4) is 0 Å². The number of rotatable bonds is 3. The van der Waals surface area contributed by atoms with Crippen LogP contribution in [0.4, 0.5) is 5.69 Å². The summed E-state index contributed by atoms with van der Waals surface area (Å²) in [7, 11) is 0. The van der Waals surface area contributed by atoms with Crippen molar-refractivity contribution in [2.45, 2.75) is 25.9 Å². The quantitative estimate of drug-likeness (QED) is 0.814. The van der Waals surface area contributed by atoms with Gasteiger partial charge < -0.3 is 11.1 Å². The third kappa shape index (κ3) is 2.28. The predicted molar refractivity (Wildman–Crippen MR) is 63.0 cm³/mol. The number of hydrogen-bond acceptors (Lipinski definition) is 2. The minimum Gasteiger partial charge on any atom is -0.399 e. The van der Waals surface area contributed by atoms with Gasteiger partial charge in [-0.05, 0) is 36.1 Å². The van der Waals surface area contributed by atoms with E-state index in [-0.39, 0.29) is 0 Å². The van der Waals surface area contributed by atoms with Crippen LogP contribution in [-0.2, 0) is 6.54 Å². The van der Waals surface area contributed by atoms with E-state index in [4.69, 9.17) is 5.73 Å². The molecule has 0 saturated heterocycles. The molecule has 1 fully saturated rings. The van der Waals surface area contributed by atoms with Crippen LogP contribution in [0.3, 0.4) is 0 Å². The largest absolute Gasteiger partial charge is 0.399 e. The molecule has 2 unspecified atom stereocenters. The summed E-state index contributed by atoms with van der Waals surface area (Å²) < 4.78 is 1.13. The summed E-state index contributed by atoms with van der Waals surface area (Å²) >= 11 is 3.52. The number of nitrogens with two attached hydrogens (primary N) is 1. The Labute approximate surface area is 93.0 Å². The Morgan fingerprint density at radius 3 is 2.93 bits per heavy atom. The molecule has 3 N–H and O–H groups in total. The van der Waals surface area contributed by atoms with Crippen LogP contribution in [0, 0.1) is 5.92 Å². The van der Waals surface area contributed by atoms with E-state index < -0.39 is 0 Å². The molecule has 0 bridgehead atoms. The van der Waals surface area contributed by atoms with Crippen molar-refractivity contribution in [2.24, 2.45) is 5.92 Å². The fourth-order valence-electron chi connectivity index (χ4n) is 1.58. The molecule has 1 saturated carbocycles. The highest BCUT2D eigenvalue weighted by Crippen LogP contribution is 2.30. The maximum atomic E-state index is 5.73. The molecule has 2 rings (SSSR count). The number of nitrogens with one attached hydrogen (secondary N) is 1. The van der Waals surface area contributed by atoms with Crippen LogP contribution in [0.5, 0.6) is 0 Å². The predicted octanol–water partition coefficient (Wildman–Crippen LogP) is 2.53. The number of hydrogen-bond donors (Lipinski definition) is 2. The van der Waals surface area contributed by atoms with Gasteiger partial charge in [-0.3, -0.25) is 0 Å². The summed E-state index contributed by atoms with van der Waals surface area (Å²) in [6.07, 6.45) is 1.31. The normalized spacial score (nSPS) is 25.0. The second kappa shape index (κ2) is 3.91. The third-order valence-electron chi connectivity index (χ3n) is 2.73. The van der Waals surface area contributed by atoms with Crippen molar-refractivity contribution in [2.75, 3.05) is 5.73 Å². The molecule has 2 nitrogen and oxygen atoms in total. The van der Waals surface area contributed by atoms with E-state index >= 15 is 0 Å². The second-order valence-corrected chi connectivity index (χ2v) is 4.91. The van der Waals surface area contributed by atoms with Crippen molar-refractivity contribution >= 4 is 21.6 Å². The summed E-state index contributed by atoms with van der Waals surface area (Å²) in [4.78, 5) is 0. The van der Waals surface area contributed by atoms with Crippen LogP contribution in [-0.4, -0.2) is 6.04 Å². The zero-order chi connectivity index (χ0) is 10.1. The molecule has 14 heavy (non-hydrogen) atoms. The zero-order valence-corrected chi connectivity index (χ0v) is 9.84. The Hall–Kier alpha value is -0.540. The molecule has 1 aromatic rings. The fraction of sp³-hybridized carbons (Fsp3) is 0.455. The van der Waals surface area contributed by atoms with Gasteiger partial charge in [0.15, 0.2) is 0 Å². The molecule has 0 radical (unpaired) electrons. The van der Waals surface area contributed by atoms with Crippen molar-refractivity contribution in [3.63, 3.8) is 0 Å². The number of nitrogen functional groups attached to an aromatic ring is 1. The van der Waals surface area contributed by atoms with Gasteiger partial charge in [0, 0.05) is 22.7 Å². The Morgan fingerprint density at radius 2 is 2.29 bits per heavy atom. The smallest absolute Gasteiger partial charge is 0.0318 e. The molecule has 2 atom stereocenters. The zero-order valence-electron chi connectivity index (χ0n) is 8.26. The topological polar surface area (TPSA) is 38.0 Å². The number of benzene rings is 1. The molecular weight excluding hydrogens is 240 g/mol. The molecule has 1 aliphatic rings. The highest BCUT2D eigenvalue weighted by Gasteiger charge is 2.31. The molecular formula is C11H15BrN2. The Bertz CT molecular complexity index is 338. The second-order valence-electron chi connectivity index (χ2n) is 4.05. The lowest BCUT2D eigenvalue weighted by atomic mass is 10.2. The van der Waals surface area contributed by atoms with Gasteiger partial charge in [0.05, 0.1) is 0 Å². The molecule has 1 aliphatic carbocycles. The number of halogens is 1. The standard InChI is InChI=1S/C11H15BrN2/c1-7-4-11(7)14-6-8-5-9(13)2-3-10(8)12/h2-3,5,7,11,14H,4,6,13H2,1H3. The maximum absolute atomic E-state index is 5.73. The van der Waals surface area contributed by atoms with Gasteiger partial charge >= 0.3 is 0 Å². The average Bonchev–Trinajstić information content (AvgIpc) is 2.84. The molecule has 1 aromatic carbocycles. The first-order chi connectivity index (χ1) is 6.66. The molecule has 0 spiro atoms. The summed E-state index contributed by atoms with van der Waals surface area (Å²) in [6.45, 7) is 3.17. The third-order valence-corrected chi connectivity index (χ3v) is 3.51. The van der Waals surface area contributed by atoms with Crippen molar-refractivity contribution < 1.29 is 0 Å². The maximum Gasteiger partial charge on any atom is 0.0318 e. The van der Waals surface area contributed by atoms with Crippen LogP contribution in [0.15, 0.2) is 22.7 Å². The first-order valence-electron chi connectivity index (χ1n) is 4.94. The van der Waals surface area contributed by atoms with Gasteiger partial charge in [0.1, 0.15) is 0 Å². The van der Waals surface area contributed by atoms with Crippen molar-refractivity contribution in [1.82, 2.24) is 5.32 Å². The van der Waals surface area contributed by atoms with Crippen molar-refractivity contribution in [3.05, 3.63) is 28.2 Å². The average molecular weight is 255 g/mol. The molecule has 3 heteroatoms. The van der Waals surface area contributed by atoms with Crippen molar-refractivity contribution in [1.29, 1.82) is 0 Å². The van der Waals surface area contributed by atoms with Crippen LogP contribution in [0.2, 0.25) is 0 Å². The molecule has 0 aliphatic heterocycles. The highest BCUT2D eigenvalue weighted by atomic mass is 79.9. The highest BCUT2D eigenvalue weighted by molar-refractivity contribution is 9.10. The minimum atomic E-state index is 0.711. The lowest BCUT2D eigenvalue weighted by Gasteiger charge is -2.06. The Balaban J connectivity index is 1.97. The van der Waals surface area contributed by atoms with E-state index in [0.717, 1.165) is 22.6 Å². The summed E-state index contributed by atoms with van der Waals surface area (Å²) in [5.74, 6) is 0.842. The fourth-order valence-corrected chi connectivity index (χ4v) is 1.96. The Morgan fingerprint density at radius 1 is 1.57 bits per heavy atom. The SMILES string of the molecule is CC1CC1NCc1cc(N)ccc1Br. The first-order valence-corrected chi connectivity index (χ1v) is 5.73. The van der Waals surface area contributed by atoms with Crippen LogP contribution >= 0.6 is 15.9 Å². The van der Waals surface area contributed by atoms with E-state index in [1.54, 1.807) is 0 Å². The lowest BCUT2D eigenvalue weighted by molar-refractivity contribution is 0.651. The first kappa shape index (κ1) is 9.99. The van der Waals surface area contributed by atoms with Gasteiger partial charge in [0.25, 0.3) is 0 Å². The van der Waals surface area contributed by atoms with E-state index in [1.807, 2.05) is 18.2 Å². The van der Waals surface area contributed by atoms with Crippen LogP contribution < -0.4 is 11.1 Å². The van der Waals surface area contributed by atoms with E-state index in [1.165, 1.54) is 12.0 Å². The summed E-state index contributed by atoms with van der Waals surface area (Å²) in [6, 6.07) is 6.64.